The molecule has 0 aromatic heterocycles. The van der Waals surface area contributed by atoms with Crippen LogP contribution < -0.4 is 5.32 Å². The average Bonchev–Trinajstić information content (AvgIpc) is 2.48. The van der Waals surface area contributed by atoms with Gasteiger partial charge in [-0.25, -0.2) is 0 Å². The van der Waals surface area contributed by atoms with Crippen LogP contribution in [0.15, 0.2) is 42.5 Å². The second-order valence-corrected chi connectivity index (χ2v) is 13.6. The fourth-order valence-corrected chi connectivity index (χ4v) is 5.34. The van der Waals surface area contributed by atoms with Crippen molar-refractivity contribution in [2.75, 3.05) is 5.32 Å². The van der Waals surface area contributed by atoms with Gasteiger partial charge in [0.1, 0.15) is 0 Å². The maximum atomic E-state index is 12.6. The molecule has 1 amide bonds. The van der Waals surface area contributed by atoms with Gasteiger partial charge in [-0.05, 0) is 48.2 Å². The lowest BCUT2D eigenvalue weighted by Crippen LogP contribution is -2.22. The summed E-state index contributed by atoms with van der Waals surface area (Å²) >= 11 is 6.13. The van der Waals surface area contributed by atoms with E-state index >= 15 is 0 Å². The third-order valence-corrected chi connectivity index (χ3v) is 6.28. The predicted octanol–water partition coefficient (Wildman–Crippen LogP) is 6.34. The van der Waals surface area contributed by atoms with Gasteiger partial charge in [0.25, 0.3) is 5.91 Å². The first-order valence-corrected chi connectivity index (χ1v) is 12.4. The van der Waals surface area contributed by atoms with Crippen LogP contribution in [0.25, 0.3) is 0 Å². The summed E-state index contributed by atoms with van der Waals surface area (Å²) in [6.45, 7) is 11.5. The number of halogens is 1. The first-order valence-electron chi connectivity index (χ1n) is 8.34. The molecule has 0 radical (unpaired) electrons. The molecule has 4 heteroatoms. The molecule has 0 aliphatic heterocycles. The molecule has 0 saturated heterocycles. The average molecular weight is 360 g/mol. The molecule has 0 aliphatic rings. The zero-order valence-electron chi connectivity index (χ0n) is 15.1. The summed E-state index contributed by atoms with van der Waals surface area (Å²) in [7, 11) is -1.16. The van der Waals surface area contributed by atoms with Crippen molar-refractivity contribution in [2.24, 2.45) is 0 Å². The minimum atomic E-state index is -1.16. The van der Waals surface area contributed by atoms with Gasteiger partial charge < -0.3 is 5.32 Å². The Kier molecular flexibility index (Phi) is 5.89. The van der Waals surface area contributed by atoms with E-state index < -0.39 is 8.07 Å². The lowest BCUT2D eigenvalue weighted by molar-refractivity contribution is 0.102. The Balaban J connectivity index is 2.24. The van der Waals surface area contributed by atoms with E-state index in [2.05, 4.69) is 38.8 Å². The summed E-state index contributed by atoms with van der Waals surface area (Å²) in [5.41, 5.74) is 3.83. The maximum Gasteiger partial charge on any atom is 0.255 e. The highest BCUT2D eigenvalue weighted by molar-refractivity contribution is 6.76. The van der Waals surface area contributed by atoms with Crippen LogP contribution in [-0.4, -0.2) is 14.0 Å². The van der Waals surface area contributed by atoms with E-state index in [1.54, 1.807) is 6.07 Å². The maximum absolute atomic E-state index is 12.6. The quantitative estimate of drug-likeness (QED) is 0.620. The fourth-order valence-electron chi connectivity index (χ4n) is 3.10. The van der Waals surface area contributed by atoms with E-state index in [0.29, 0.717) is 22.2 Å². The molecule has 0 aliphatic carbocycles. The van der Waals surface area contributed by atoms with E-state index in [-0.39, 0.29) is 5.91 Å². The van der Waals surface area contributed by atoms with Crippen molar-refractivity contribution >= 4 is 31.3 Å². The number of benzene rings is 2. The van der Waals surface area contributed by atoms with Crippen LogP contribution in [0.1, 0.15) is 34.3 Å². The highest BCUT2D eigenvalue weighted by atomic mass is 35.5. The summed E-state index contributed by atoms with van der Waals surface area (Å²) in [4.78, 5) is 12.6. The summed E-state index contributed by atoms with van der Waals surface area (Å²) in [5, 5.41) is 3.44. The SMILES string of the molecule is Cc1ccc(C(=O)Nc2ccccc2Cl)cc1C(C)C[Si](C)(C)C. The molecule has 2 rings (SSSR count). The first-order chi connectivity index (χ1) is 11.2. The number of aryl methyl sites for hydroxylation is 1. The Morgan fingerprint density at radius 2 is 1.83 bits per heavy atom. The fraction of sp³-hybridized carbons (Fsp3) is 0.350. The number of carbonyl (C=O) groups is 1. The smallest absolute Gasteiger partial charge is 0.255 e. The molecule has 2 aromatic carbocycles. The minimum absolute atomic E-state index is 0.121. The highest BCUT2D eigenvalue weighted by Gasteiger charge is 2.20. The molecule has 0 fully saturated rings. The Bertz CT molecular complexity index is 737. The molecule has 2 nitrogen and oxygen atoms in total. The lowest BCUT2D eigenvalue weighted by atomic mass is 9.95. The molecular weight excluding hydrogens is 334 g/mol. The number of rotatable bonds is 5. The van der Waals surface area contributed by atoms with Crippen molar-refractivity contribution in [3.05, 3.63) is 64.2 Å². The largest absolute Gasteiger partial charge is 0.321 e. The Morgan fingerprint density at radius 1 is 1.17 bits per heavy atom. The van der Waals surface area contributed by atoms with Crippen molar-refractivity contribution < 1.29 is 4.79 Å². The molecule has 128 valence electrons. The van der Waals surface area contributed by atoms with Crippen LogP contribution in [0.5, 0.6) is 0 Å². The third kappa shape index (κ3) is 4.95. The highest BCUT2D eigenvalue weighted by Crippen LogP contribution is 2.29. The molecule has 0 spiro atoms. The number of hydrogen-bond donors (Lipinski definition) is 1. The topological polar surface area (TPSA) is 29.1 Å². The van der Waals surface area contributed by atoms with Crippen molar-refractivity contribution in [1.82, 2.24) is 0 Å². The normalized spacial score (nSPS) is 12.8. The van der Waals surface area contributed by atoms with E-state index in [9.17, 15) is 4.79 Å². The summed E-state index contributed by atoms with van der Waals surface area (Å²) < 4.78 is 0. The van der Waals surface area contributed by atoms with Crippen LogP contribution in [0, 0.1) is 6.92 Å². The third-order valence-electron chi connectivity index (χ3n) is 4.11. The number of carbonyl (C=O) groups excluding carboxylic acids is 1. The number of hydrogen-bond acceptors (Lipinski definition) is 1. The van der Waals surface area contributed by atoms with Crippen LogP contribution in [-0.2, 0) is 0 Å². The number of para-hydroxylation sites is 1. The Labute approximate surface area is 151 Å². The van der Waals surface area contributed by atoms with E-state index in [0.717, 1.165) is 0 Å². The number of amides is 1. The van der Waals surface area contributed by atoms with Gasteiger partial charge in [0.2, 0.25) is 0 Å². The van der Waals surface area contributed by atoms with Crippen LogP contribution in [0.4, 0.5) is 5.69 Å². The van der Waals surface area contributed by atoms with Crippen LogP contribution in [0.3, 0.4) is 0 Å². The van der Waals surface area contributed by atoms with Gasteiger partial charge >= 0.3 is 0 Å². The first kappa shape index (κ1) is 18.8. The predicted molar refractivity (Wildman–Crippen MR) is 107 cm³/mol. The molecule has 1 N–H and O–H groups in total. The molecule has 0 bridgehead atoms. The zero-order chi connectivity index (χ0) is 17.9. The zero-order valence-corrected chi connectivity index (χ0v) is 16.9. The standard InChI is InChI=1S/C20H26ClNOSi/c1-14-10-11-16(12-17(14)15(2)13-24(3,4)5)20(23)22-19-9-7-6-8-18(19)21/h6-12,15H,13H2,1-5H3,(H,22,23). The molecule has 2 aromatic rings. The van der Waals surface area contributed by atoms with Crippen molar-refractivity contribution in [1.29, 1.82) is 0 Å². The minimum Gasteiger partial charge on any atom is -0.321 e. The number of anilines is 1. The number of nitrogens with one attached hydrogen (secondary N) is 1. The second kappa shape index (κ2) is 7.54. The van der Waals surface area contributed by atoms with E-state index in [1.807, 2.05) is 36.4 Å². The summed E-state index contributed by atoms with van der Waals surface area (Å²) in [5.74, 6) is 0.342. The van der Waals surface area contributed by atoms with Gasteiger partial charge in [-0.2, -0.15) is 0 Å². The van der Waals surface area contributed by atoms with Crippen molar-refractivity contribution in [2.45, 2.75) is 45.5 Å². The molecule has 1 unspecified atom stereocenters. The lowest BCUT2D eigenvalue weighted by Gasteiger charge is -2.23. The monoisotopic (exact) mass is 359 g/mol. The summed E-state index contributed by atoms with van der Waals surface area (Å²) in [6, 6.07) is 14.5. The molecule has 1 atom stereocenters. The van der Waals surface area contributed by atoms with Gasteiger partial charge in [-0.15, -0.1) is 0 Å². The van der Waals surface area contributed by atoms with Crippen LogP contribution in [0.2, 0.25) is 30.7 Å². The van der Waals surface area contributed by atoms with Gasteiger partial charge in [0.05, 0.1) is 10.7 Å². The van der Waals surface area contributed by atoms with Gasteiger partial charge in [-0.1, -0.05) is 62.4 Å². The Hall–Kier alpha value is -1.58. The molecule has 0 saturated carbocycles. The Morgan fingerprint density at radius 3 is 2.46 bits per heavy atom. The van der Waals surface area contributed by atoms with E-state index in [4.69, 9.17) is 11.6 Å². The molecular formula is C20H26ClNOSi. The van der Waals surface area contributed by atoms with Gasteiger partial charge in [0.15, 0.2) is 0 Å². The van der Waals surface area contributed by atoms with Gasteiger partial charge in [0, 0.05) is 13.6 Å². The van der Waals surface area contributed by atoms with Crippen molar-refractivity contribution in [3.8, 4) is 0 Å². The van der Waals surface area contributed by atoms with Gasteiger partial charge in [-0.3, -0.25) is 4.79 Å². The van der Waals surface area contributed by atoms with Crippen molar-refractivity contribution in [3.63, 3.8) is 0 Å². The second-order valence-electron chi connectivity index (χ2n) is 7.67. The molecule has 0 heterocycles. The summed E-state index contributed by atoms with van der Waals surface area (Å²) in [6.07, 6.45) is 0. The van der Waals surface area contributed by atoms with Crippen LogP contribution >= 0.6 is 11.6 Å². The molecule has 24 heavy (non-hydrogen) atoms. The van der Waals surface area contributed by atoms with E-state index in [1.165, 1.54) is 17.2 Å².